The molecule has 2 rings (SSSR count). The zero-order valence-corrected chi connectivity index (χ0v) is 28.5. The number of anilines is 1. The maximum absolute atomic E-state index is 13.3. The number of halogens is 1. The van der Waals surface area contributed by atoms with E-state index in [0.29, 0.717) is 25.3 Å². The zero-order chi connectivity index (χ0) is 29.5. The largest absolute Gasteiger partial charge is 1.00 e. The molecule has 0 spiro atoms. The number of aryl methyl sites for hydroxylation is 4. The number of unbranched alkanes of at least 4 members (excludes halogenated alkanes) is 4. The third-order valence-corrected chi connectivity index (χ3v) is 8.26. The fraction of sp³-hybridized carbons (Fsp3) is 0.600. The van der Waals surface area contributed by atoms with Gasteiger partial charge in [-0.05, 0) is 101 Å². The quantitative estimate of drug-likeness (QED) is 0.187. The van der Waals surface area contributed by atoms with Gasteiger partial charge in [0.05, 0.1) is 26.2 Å². The lowest BCUT2D eigenvalue weighted by atomic mass is 9.97. The van der Waals surface area contributed by atoms with Crippen molar-refractivity contribution in [2.75, 3.05) is 51.6 Å². The Morgan fingerprint density at radius 1 is 0.756 bits per heavy atom. The van der Waals surface area contributed by atoms with Crippen LogP contribution in [0.25, 0.3) is 0 Å². The maximum atomic E-state index is 13.3. The summed E-state index contributed by atoms with van der Waals surface area (Å²) in [6.45, 7) is 18.1. The summed E-state index contributed by atoms with van der Waals surface area (Å²) >= 11 is 0. The van der Waals surface area contributed by atoms with Crippen LogP contribution in [0.2, 0.25) is 0 Å². The average Bonchev–Trinajstić information content (AvgIpc) is 2.88. The van der Waals surface area contributed by atoms with Crippen LogP contribution in [0.15, 0.2) is 36.4 Å². The van der Waals surface area contributed by atoms with E-state index < -0.39 is 0 Å². The van der Waals surface area contributed by atoms with E-state index in [2.05, 4.69) is 56.1 Å². The van der Waals surface area contributed by atoms with E-state index in [1.54, 1.807) is 0 Å². The number of para-hydroxylation sites is 1. The number of benzene rings is 2. The first-order valence-electron chi connectivity index (χ1n) is 15.6. The number of carbonyl (C=O) groups is 2. The second-order valence-corrected chi connectivity index (χ2v) is 12.1. The molecule has 2 aromatic carbocycles. The third-order valence-electron chi connectivity index (χ3n) is 8.26. The first kappa shape index (κ1) is 37.0. The third kappa shape index (κ3) is 12.8. The van der Waals surface area contributed by atoms with Crippen LogP contribution in [0.4, 0.5) is 5.69 Å². The molecule has 6 heteroatoms. The van der Waals surface area contributed by atoms with Crippen molar-refractivity contribution in [1.82, 2.24) is 4.90 Å². The molecule has 0 heterocycles. The zero-order valence-electron chi connectivity index (χ0n) is 27.0. The first-order chi connectivity index (χ1) is 19.1. The molecule has 230 valence electrons. The van der Waals surface area contributed by atoms with Crippen molar-refractivity contribution in [1.29, 1.82) is 0 Å². The Morgan fingerprint density at radius 2 is 1.27 bits per heavy atom. The van der Waals surface area contributed by atoms with Gasteiger partial charge < -0.3 is 26.8 Å². The molecule has 0 fully saturated rings. The molecule has 0 unspecified atom stereocenters. The maximum Gasteiger partial charge on any atom is 0.238 e. The van der Waals surface area contributed by atoms with Crippen LogP contribution in [0, 0.1) is 27.7 Å². The normalized spacial score (nSPS) is 11.4. The molecule has 0 aromatic heterocycles. The summed E-state index contributed by atoms with van der Waals surface area (Å²) in [5, 5.41) is 3.09. The van der Waals surface area contributed by atoms with Crippen molar-refractivity contribution in [2.45, 2.75) is 92.9 Å². The molecule has 2 aromatic rings. The number of ketones is 1. The Bertz CT molecular complexity index is 1040. The smallest absolute Gasteiger partial charge is 0.238 e. The number of rotatable bonds is 19. The fourth-order valence-corrected chi connectivity index (χ4v) is 6.15. The van der Waals surface area contributed by atoms with Crippen LogP contribution in [-0.4, -0.2) is 67.4 Å². The van der Waals surface area contributed by atoms with Gasteiger partial charge >= 0.3 is 0 Å². The van der Waals surface area contributed by atoms with Crippen LogP contribution in [0.1, 0.15) is 86.6 Å². The van der Waals surface area contributed by atoms with Crippen molar-refractivity contribution >= 4 is 17.4 Å². The van der Waals surface area contributed by atoms with Crippen LogP contribution < -0.4 is 22.3 Å². The Hall–Kier alpha value is -2.02. The summed E-state index contributed by atoms with van der Waals surface area (Å²) in [6, 6.07) is 12.4. The Labute approximate surface area is 261 Å². The summed E-state index contributed by atoms with van der Waals surface area (Å²) in [5.41, 5.74) is 6.81. The van der Waals surface area contributed by atoms with Crippen molar-refractivity contribution in [2.24, 2.45) is 0 Å². The summed E-state index contributed by atoms with van der Waals surface area (Å²) in [5.74, 6) is 0.428. The number of nitrogens with one attached hydrogen (secondary N) is 1. The minimum absolute atomic E-state index is 0. The Balaban J connectivity index is 0.00000840. The second-order valence-electron chi connectivity index (χ2n) is 12.1. The molecule has 5 nitrogen and oxygen atoms in total. The van der Waals surface area contributed by atoms with E-state index in [-0.39, 0.29) is 22.9 Å². The molecule has 1 N–H and O–H groups in total. The Kier molecular flexibility index (Phi) is 17.4. The monoisotopic (exact) mass is 629 g/mol. The first-order valence-corrected chi connectivity index (χ1v) is 15.6. The summed E-state index contributed by atoms with van der Waals surface area (Å²) in [6.07, 6.45) is 8.64. The molecule has 0 atom stereocenters. The molecule has 0 saturated carbocycles. The van der Waals surface area contributed by atoms with Crippen LogP contribution >= 0.6 is 0 Å². The van der Waals surface area contributed by atoms with E-state index in [0.717, 1.165) is 66.7 Å². The number of hydrogen-bond acceptors (Lipinski definition) is 3. The highest BCUT2D eigenvalue weighted by atomic mass is 79.9. The van der Waals surface area contributed by atoms with Gasteiger partial charge in [0, 0.05) is 12.1 Å². The van der Waals surface area contributed by atoms with Gasteiger partial charge in [0.2, 0.25) is 5.91 Å². The lowest BCUT2D eigenvalue weighted by Gasteiger charge is -2.38. The summed E-state index contributed by atoms with van der Waals surface area (Å²) < 4.78 is 0.939. The van der Waals surface area contributed by atoms with Gasteiger partial charge in [0.1, 0.15) is 6.54 Å². The van der Waals surface area contributed by atoms with Gasteiger partial charge in [-0.15, -0.1) is 0 Å². The number of nitrogens with zero attached hydrogens (tertiary/aromatic N) is 2. The van der Waals surface area contributed by atoms with Crippen LogP contribution in [0.3, 0.4) is 0 Å². The van der Waals surface area contributed by atoms with Gasteiger partial charge in [-0.1, -0.05) is 63.1 Å². The van der Waals surface area contributed by atoms with E-state index in [9.17, 15) is 9.59 Å². The highest BCUT2D eigenvalue weighted by molar-refractivity contribution is 5.93. The van der Waals surface area contributed by atoms with Crippen molar-refractivity contribution in [3.63, 3.8) is 0 Å². The van der Waals surface area contributed by atoms with Crippen molar-refractivity contribution in [3.05, 3.63) is 64.2 Å². The number of likely N-dealkylation sites (N-methyl/N-ethyl adjacent to an activating group) is 1. The molecule has 0 saturated heterocycles. The Morgan fingerprint density at radius 3 is 1.83 bits per heavy atom. The van der Waals surface area contributed by atoms with Gasteiger partial charge in [-0.25, -0.2) is 0 Å². The lowest BCUT2D eigenvalue weighted by molar-refractivity contribution is -0.921. The summed E-state index contributed by atoms with van der Waals surface area (Å²) in [4.78, 5) is 27.9. The van der Waals surface area contributed by atoms with Crippen molar-refractivity contribution in [3.8, 4) is 0 Å². The molecule has 1 amide bonds. The second kappa shape index (κ2) is 19.2. The van der Waals surface area contributed by atoms with E-state index >= 15 is 0 Å². The summed E-state index contributed by atoms with van der Waals surface area (Å²) in [7, 11) is 2.03. The molecule has 0 bridgehead atoms. The number of hydrogen-bond donors (Lipinski definition) is 1. The average molecular weight is 631 g/mol. The van der Waals surface area contributed by atoms with Crippen LogP contribution in [-0.2, 0) is 16.0 Å². The van der Waals surface area contributed by atoms with Gasteiger partial charge in [-0.2, -0.15) is 0 Å². The van der Waals surface area contributed by atoms with E-state index in [1.165, 1.54) is 42.4 Å². The molecule has 41 heavy (non-hydrogen) atoms. The molecular formula is C35H56BrN3O2. The standard InChI is InChI=1S/C35H55N3O2.BrH/c1-8-22-38(23-9-2,27-32(39)25-33-28(3)17-15-18-29(33)4)24-14-12-10-11-13-21-37(7)26-34(40)36-35-30(5)19-16-20-31(35)6;/h15-20H,8-14,21-27H2,1-7H3;1H. The van der Waals surface area contributed by atoms with Gasteiger partial charge in [0.25, 0.3) is 0 Å². The molecule has 0 aliphatic rings. The predicted molar refractivity (Wildman–Crippen MR) is 170 cm³/mol. The number of quaternary nitrogens is 1. The van der Waals surface area contributed by atoms with Gasteiger partial charge in [0.15, 0.2) is 5.78 Å². The SMILES string of the molecule is CCC[N+](CCC)(CCCCCCCN(C)CC(=O)Nc1c(C)cccc1C)CC(=O)Cc1c(C)cccc1C.[Br-]. The van der Waals surface area contributed by atoms with Gasteiger partial charge in [-0.3, -0.25) is 14.5 Å². The highest BCUT2D eigenvalue weighted by Gasteiger charge is 2.28. The predicted octanol–water partition coefficient (Wildman–Crippen LogP) is 4.19. The number of amides is 1. The molecule has 0 aliphatic carbocycles. The molecule has 0 radical (unpaired) electrons. The van der Waals surface area contributed by atoms with E-state index in [4.69, 9.17) is 0 Å². The topological polar surface area (TPSA) is 49.4 Å². The lowest BCUT2D eigenvalue weighted by Crippen LogP contribution is -3.00. The van der Waals surface area contributed by atoms with E-state index in [1.807, 2.05) is 39.1 Å². The number of Topliss-reactive ketones (excluding diaryl/α,β-unsaturated/α-hetero) is 1. The molecular weight excluding hydrogens is 574 g/mol. The number of carbonyl (C=O) groups excluding carboxylic acids is 2. The fourth-order valence-electron chi connectivity index (χ4n) is 6.15. The minimum atomic E-state index is 0. The minimum Gasteiger partial charge on any atom is -1.00 e. The van der Waals surface area contributed by atoms with Crippen molar-refractivity contribution < 1.29 is 31.1 Å². The van der Waals surface area contributed by atoms with Crippen LogP contribution in [0.5, 0.6) is 0 Å². The highest BCUT2D eigenvalue weighted by Crippen LogP contribution is 2.20. The molecule has 0 aliphatic heterocycles.